The van der Waals surface area contributed by atoms with Crippen molar-refractivity contribution in [3.05, 3.63) is 113 Å². The van der Waals surface area contributed by atoms with Gasteiger partial charge in [0.25, 0.3) is 11.8 Å². The van der Waals surface area contributed by atoms with Crippen molar-refractivity contribution >= 4 is 34.3 Å². The van der Waals surface area contributed by atoms with Gasteiger partial charge >= 0.3 is 0 Å². The van der Waals surface area contributed by atoms with Gasteiger partial charge in [0.05, 0.1) is 0 Å². The maximum atomic E-state index is 12.8. The Balaban J connectivity index is 1.40. The van der Waals surface area contributed by atoms with Crippen LogP contribution in [0.25, 0.3) is 22.6 Å². The molecular weight excluding hydrogens is 450 g/mol. The number of nitrogens with one attached hydrogen (secondary N) is 2. The van der Waals surface area contributed by atoms with Gasteiger partial charge in [0.2, 0.25) is 5.89 Å². The fourth-order valence-corrected chi connectivity index (χ4v) is 4.06. The Hall–Kier alpha value is -4.71. The van der Waals surface area contributed by atoms with E-state index in [-0.39, 0.29) is 11.8 Å². The highest BCUT2D eigenvalue weighted by molar-refractivity contribution is 6.06. The molecule has 0 unspecified atom stereocenters. The second kappa shape index (κ2) is 9.50. The molecule has 6 nitrogen and oxygen atoms in total. The van der Waals surface area contributed by atoms with Crippen LogP contribution in [0.5, 0.6) is 0 Å². The van der Waals surface area contributed by atoms with Crippen LogP contribution in [0.15, 0.2) is 89.3 Å². The molecule has 0 aliphatic rings. The van der Waals surface area contributed by atoms with E-state index in [4.69, 9.17) is 4.42 Å². The number of aromatic nitrogens is 1. The summed E-state index contributed by atoms with van der Waals surface area (Å²) in [6.45, 7) is 5.75. The van der Waals surface area contributed by atoms with Crippen molar-refractivity contribution in [2.24, 2.45) is 0 Å². The van der Waals surface area contributed by atoms with Gasteiger partial charge in [-0.15, -0.1) is 0 Å². The predicted molar refractivity (Wildman–Crippen MR) is 142 cm³/mol. The Kier molecular flexibility index (Phi) is 6.09. The second-order valence-corrected chi connectivity index (χ2v) is 8.77. The van der Waals surface area contributed by atoms with Gasteiger partial charge in [-0.05, 0) is 79.9 Å². The molecule has 1 heterocycles. The molecule has 178 valence electrons. The van der Waals surface area contributed by atoms with Crippen molar-refractivity contribution in [3.8, 4) is 11.5 Å². The van der Waals surface area contributed by atoms with E-state index in [1.807, 2.05) is 75.4 Å². The number of hydrogen-bond donors (Lipinski definition) is 2. The maximum absolute atomic E-state index is 12.8. The van der Waals surface area contributed by atoms with Gasteiger partial charge < -0.3 is 15.1 Å². The highest BCUT2D eigenvalue weighted by Crippen LogP contribution is 2.30. The number of amides is 2. The molecule has 2 N–H and O–H groups in total. The molecule has 0 fully saturated rings. The first-order valence-electron chi connectivity index (χ1n) is 11.6. The molecule has 5 aromatic rings. The molecule has 1 aromatic heterocycles. The molecule has 6 heteroatoms. The lowest BCUT2D eigenvalue weighted by atomic mass is 10.1. The quantitative estimate of drug-likeness (QED) is 0.289. The third-order valence-electron chi connectivity index (χ3n) is 6.16. The molecular formula is C30H25N3O3. The van der Waals surface area contributed by atoms with Crippen LogP contribution in [0, 0.1) is 20.8 Å². The summed E-state index contributed by atoms with van der Waals surface area (Å²) in [7, 11) is 0. The largest absolute Gasteiger partial charge is 0.436 e. The van der Waals surface area contributed by atoms with Crippen molar-refractivity contribution in [3.63, 3.8) is 0 Å². The Morgan fingerprint density at radius 3 is 2.00 bits per heavy atom. The number of carbonyl (C=O) groups is 2. The highest BCUT2D eigenvalue weighted by atomic mass is 16.3. The third-order valence-corrected chi connectivity index (χ3v) is 6.16. The summed E-state index contributed by atoms with van der Waals surface area (Å²) in [6, 6.07) is 26.0. The van der Waals surface area contributed by atoms with Gasteiger partial charge in [-0.1, -0.05) is 42.5 Å². The van der Waals surface area contributed by atoms with Crippen molar-refractivity contribution in [2.45, 2.75) is 20.8 Å². The molecule has 2 amide bonds. The van der Waals surface area contributed by atoms with Gasteiger partial charge in [-0.2, -0.15) is 0 Å². The van der Waals surface area contributed by atoms with Crippen LogP contribution in [0.1, 0.15) is 37.4 Å². The third kappa shape index (κ3) is 4.61. The van der Waals surface area contributed by atoms with E-state index in [0.29, 0.717) is 39.5 Å². The van der Waals surface area contributed by atoms with E-state index in [9.17, 15) is 9.59 Å². The maximum Gasteiger partial charge on any atom is 0.255 e. The lowest BCUT2D eigenvalue weighted by Crippen LogP contribution is -2.14. The van der Waals surface area contributed by atoms with Crippen LogP contribution in [-0.2, 0) is 0 Å². The molecule has 0 saturated carbocycles. The Morgan fingerprint density at radius 2 is 1.33 bits per heavy atom. The Labute approximate surface area is 209 Å². The summed E-state index contributed by atoms with van der Waals surface area (Å²) >= 11 is 0. The second-order valence-electron chi connectivity index (χ2n) is 8.77. The zero-order chi connectivity index (χ0) is 25.2. The van der Waals surface area contributed by atoms with Crippen molar-refractivity contribution in [2.75, 3.05) is 10.6 Å². The van der Waals surface area contributed by atoms with Crippen LogP contribution in [-0.4, -0.2) is 16.8 Å². The predicted octanol–water partition coefficient (Wildman–Crippen LogP) is 6.92. The summed E-state index contributed by atoms with van der Waals surface area (Å²) in [4.78, 5) is 30.2. The van der Waals surface area contributed by atoms with Crippen LogP contribution in [0.2, 0.25) is 0 Å². The standard InChI is InChI=1S/C30H25N3O3/c1-18-8-4-6-10-23(18)28(34)31-22-14-15-27-26(17-22)33-30(36-27)21-13-12-20(3)25(16-21)32-29(35)24-11-7-5-9-19(24)2/h4-17H,1-3H3,(H,31,34)(H,32,35). The van der Waals surface area contributed by atoms with E-state index in [0.717, 1.165) is 22.3 Å². The molecule has 36 heavy (non-hydrogen) atoms. The van der Waals surface area contributed by atoms with Gasteiger partial charge in [-0.3, -0.25) is 9.59 Å². The zero-order valence-electron chi connectivity index (χ0n) is 20.3. The summed E-state index contributed by atoms with van der Waals surface area (Å²) < 4.78 is 5.98. The molecule has 0 bridgehead atoms. The van der Waals surface area contributed by atoms with Crippen LogP contribution in [0.4, 0.5) is 11.4 Å². The summed E-state index contributed by atoms with van der Waals surface area (Å²) in [6.07, 6.45) is 0. The molecule has 0 radical (unpaired) electrons. The smallest absolute Gasteiger partial charge is 0.255 e. The first-order chi connectivity index (χ1) is 17.4. The number of benzene rings is 4. The normalized spacial score (nSPS) is 10.9. The fraction of sp³-hybridized carbons (Fsp3) is 0.100. The van der Waals surface area contributed by atoms with Crippen molar-refractivity contribution < 1.29 is 14.0 Å². The highest BCUT2D eigenvalue weighted by Gasteiger charge is 2.15. The lowest BCUT2D eigenvalue weighted by molar-refractivity contribution is 0.101. The first kappa shape index (κ1) is 23.1. The topological polar surface area (TPSA) is 84.2 Å². The van der Waals surface area contributed by atoms with Gasteiger partial charge in [-0.25, -0.2) is 4.98 Å². The minimum Gasteiger partial charge on any atom is -0.436 e. The number of fused-ring (bicyclic) bond motifs is 1. The zero-order valence-corrected chi connectivity index (χ0v) is 20.3. The van der Waals surface area contributed by atoms with Crippen LogP contribution >= 0.6 is 0 Å². The minimum atomic E-state index is -0.177. The fourth-order valence-electron chi connectivity index (χ4n) is 4.06. The van der Waals surface area contributed by atoms with Gasteiger partial charge in [0.15, 0.2) is 5.58 Å². The van der Waals surface area contributed by atoms with Crippen LogP contribution < -0.4 is 10.6 Å². The van der Waals surface area contributed by atoms with E-state index in [1.54, 1.807) is 30.3 Å². The summed E-state index contributed by atoms with van der Waals surface area (Å²) in [5, 5.41) is 5.94. The lowest BCUT2D eigenvalue weighted by Gasteiger charge is -2.11. The number of aryl methyl sites for hydroxylation is 3. The number of nitrogens with zero attached hydrogens (tertiary/aromatic N) is 1. The molecule has 0 spiro atoms. The van der Waals surface area contributed by atoms with Crippen molar-refractivity contribution in [1.29, 1.82) is 0 Å². The average molecular weight is 476 g/mol. The summed E-state index contributed by atoms with van der Waals surface area (Å²) in [5.41, 5.74) is 7.28. The van der Waals surface area contributed by atoms with E-state index >= 15 is 0 Å². The Morgan fingerprint density at radius 1 is 0.694 bits per heavy atom. The number of hydrogen-bond acceptors (Lipinski definition) is 4. The molecule has 0 atom stereocenters. The molecule has 5 rings (SSSR count). The monoisotopic (exact) mass is 475 g/mol. The number of rotatable bonds is 5. The number of carbonyl (C=O) groups excluding carboxylic acids is 2. The SMILES string of the molecule is Cc1ccc(-c2nc3cc(NC(=O)c4ccccc4C)ccc3o2)cc1NC(=O)c1ccccc1C. The molecule has 4 aromatic carbocycles. The minimum absolute atomic E-state index is 0.167. The van der Waals surface area contributed by atoms with Crippen molar-refractivity contribution in [1.82, 2.24) is 4.98 Å². The van der Waals surface area contributed by atoms with Gasteiger partial charge in [0.1, 0.15) is 5.52 Å². The number of oxazole rings is 1. The molecule has 0 aliphatic heterocycles. The summed E-state index contributed by atoms with van der Waals surface area (Å²) in [5.74, 6) is 0.0856. The Bertz CT molecular complexity index is 1620. The van der Waals surface area contributed by atoms with Gasteiger partial charge in [0, 0.05) is 28.1 Å². The average Bonchev–Trinajstić information content (AvgIpc) is 3.29. The van der Waals surface area contributed by atoms with Crippen LogP contribution in [0.3, 0.4) is 0 Å². The number of anilines is 2. The van der Waals surface area contributed by atoms with E-state index < -0.39 is 0 Å². The molecule has 0 aliphatic carbocycles. The van der Waals surface area contributed by atoms with E-state index in [1.165, 1.54) is 0 Å². The first-order valence-corrected chi connectivity index (χ1v) is 11.6. The molecule has 0 saturated heterocycles. The van der Waals surface area contributed by atoms with E-state index in [2.05, 4.69) is 15.6 Å².